The van der Waals surface area contributed by atoms with Crippen LogP contribution in [0.5, 0.6) is 5.75 Å². The molecule has 0 bridgehead atoms. The highest BCUT2D eigenvalue weighted by molar-refractivity contribution is 7.90. The van der Waals surface area contributed by atoms with E-state index in [0.717, 1.165) is 59.4 Å². The van der Waals surface area contributed by atoms with Crippen molar-refractivity contribution in [2.75, 3.05) is 66.8 Å². The summed E-state index contributed by atoms with van der Waals surface area (Å²) in [5.41, 5.74) is 5.17. The van der Waals surface area contributed by atoms with Gasteiger partial charge in [0.2, 0.25) is 5.95 Å². The van der Waals surface area contributed by atoms with Gasteiger partial charge >= 0.3 is 0 Å². The van der Waals surface area contributed by atoms with Gasteiger partial charge in [-0.15, -0.1) is 11.3 Å². The van der Waals surface area contributed by atoms with Crippen LogP contribution < -0.4 is 19.7 Å². The third-order valence-electron chi connectivity index (χ3n) is 8.73. The van der Waals surface area contributed by atoms with E-state index < -0.39 is 37.4 Å². The topological polar surface area (TPSA) is 130 Å². The average Bonchev–Trinajstić information content (AvgIpc) is 3.58. The highest BCUT2D eigenvalue weighted by Crippen LogP contribution is 2.40. The zero-order valence-corrected chi connectivity index (χ0v) is 32.5. The molecule has 0 aliphatic carbocycles. The van der Waals surface area contributed by atoms with Crippen molar-refractivity contribution in [1.29, 1.82) is 0 Å². The Morgan fingerprint density at radius 1 is 1.00 bits per heavy atom. The predicted octanol–water partition coefficient (Wildman–Crippen LogP) is 7.03. The summed E-state index contributed by atoms with van der Waals surface area (Å²) in [6.45, 7) is 9.75. The summed E-state index contributed by atoms with van der Waals surface area (Å²) in [5, 5.41) is 4.23. The lowest BCUT2D eigenvalue weighted by Gasteiger charge is -2.37. The Balaban J connectivity index is 1.24. The summed E-state index contributed by atoms with van der Waals surface area (Å²) >= 11 is 1.51. The van der Waals surface area contributed by atoms with Gasteiger partial charge in [0.15, 0.2) is 11.0 Å². The van der Waals surface area contributed by atoms with Crippen molar-refractivity contribution in [3.63, 3.8) is 0 Å². The minimum Gasteiger partial charge on any atom is -0.494 e. The standard InChI is InChI=1S/C37H41F2N7O4S3/c1-23(2)36-43-33(25-8-6-9-26(21-25)44-52(47)35-27(38)10-7-11-28(35)39)34(51-36)29-12-13-40-37(41-29)42-30-20-24(3)31(22-32(30)50-4)46-16-14-45(15-17-46)18-19-53(5,48)49/h6-13,20-23,44H,14-19H2,1-5H3,(H,40,41,42). The molecule has 1 aliphatic heterocycles. The van der Waals surface area contributed by atoms with Gasteiger partial charge in [0.25, 0.3) is 0 Å². The van der Waals surface area contributed by atoms with Crippen molar-refractivity contribution in [3.05, 3.63) is 89.1 Å². The normalized spacial score (nSPS) is 14.4. The monoisotopic (exact) mass is 781 g/mol. The third kappa shape index (κ3) is 9.18. The predicted molar refractivity (Wildman–Crippen MR) is 208 cm³/mol. The molecule has 3 aromatic carbocycles. The number of halogens is 2. The first-order valence-electron chi connectivity index (χ1n) is 17.0. The van der Waals surface area contributed by atoms with Crippen molar-refractivity contribution < 1.29 is 26.1 Å². The third-order valence-corrected chi connectivity index (χ3v) is 12.2. The van der Waals surface area contributed by atoms with Crippen LogP contribution in [0.3, 0.4) is 0 Å². The summed E-state index contributed by atoms with van der Waals surface area (Å²) in [7, 11) is -3.58. The van der Waals surface area contributed by atoms with E-state index in [1.807, 2.05) is 31.2 Å². The van der Waals surface area contributed by atoms with Crippen LogP contribution in [0.1, 0.15) is 30.3 Å². The zero-order valence-electron chi connectivity index (χ0n) is 30.0. The van der Waals surface area contributed by atoms with Crippen LogP contribution in [0.2, 0.25) is 0 Å². The van der Waals surface area contributed by atoms with Crippen LogP contribution >= 0.6 is 11.3 Å². The van der Waals surface area contributed by atoms with E-state index in [0.29, 0.717) is 46.6 Å². The lowest BCUT2D eigenvalue weighted by Crippen LogP contribution is -2.47. The quantitative estimate of drug-likeness (QED) is 0.129. The lowest BCUT2D eigenvalue weighted by molar-refractivity contribution is 0.272. The van der Waals surface area contributed by atoms with E-state index in [9.17, 15) is 21.4 Å². The molecule has 6 rings (SSSR count). The molecular weight excluding hydrogens is 741 g/mol. The van der Waals surface area contributed by atoms with Gasteiger partial charge in [-0.2, -0.15) is 0 Å². The molecule has 1 fully saturated rings. The minimum atomic E-state index is -3.01. The fourth-order valence-corrected chi connectivity index (χ4v) is 8.54. The van der Waals surface area contributed by atoms with Crippen LogP contribution in [0.25, 0.3) is 21.8 Å². The van der Waals surface area contributed by atoms with Crippen molar-refractivity contribution in [2.45, 2.75) is 31.6 Å². The Morgan fingerprint density at radius 2 is 1.72 bits per heavy atom. The van der Waals surface area contributed by atoms with E-state index in [-0.39, 0.29) is 11.7 Å². The number of piperazine rings is 1. The van der Waals surface area contributed by atoms with Crippen LogP contribution in [-0.4, -0.2) is 84.3 Å². The SMILES string of the molecule is COc1cc(N2CCN(CCS(C)(=O)=O)CC2)c(C)cc1Nc1nccc(-c2sc(C(C)C)nc2-c2cccc(NS(=O)c3c(F)cccc3F)c2)n1. The molecule has 1 atom stereocenters. The molecule has 1 saturated heterocycles. The molecule has 2 N–H and O–H groups in total. The highest BCUT2D eigenvalue weighted by Gasteiger charge is 2.23. The van der Waals surface area contributed by atoms with E-state index >= 15 is 0 Å². The highest BCUT2D eigenvalue weighted by atomic mass is 32.2. The first-order valence-corrected chi connectivity index (χ1v) is 21.0. The van der Waals surface area contributed by atoms with Gasteiger partial charge < -0.3 is 19.7 Å². The molecule has 1 unspecified atom stereocenters. The summed E-state index contributed by atoms with van der Waals surface area (Å²) in [6, 6.07) is 16.2. The molecule has 53 heavy (non-hydrogen) atoms. The number of hydrogen-bond donors (Lipinski definition) is 2. The Hall–Kier alpha value is -4.51. The largest absolute Gasteiger partial charge is 0.494 e. The number of nitrogens with one attached hydrogen (secondary N) is 2. The number of sulfone groups is 1. The maximum Gasteiger partial charge on any atom is 0.227 e. The van der Waals surface area contributed by atoms with Crippen LogP contribution in [-0.2, 0) is 20.8 Å². The summed E-state index contributed by atoms with van der Waals surface area (Å²) in [4.78, 5) is 19.0. The van der Waals surface area contributed by atoms with Gasteiger partial charge in [-0.1, -0.05) is 32.0 Å². The zero-order chi connectivity index (χ0) is 37.9. The maximum atomic E-state index is 14.3. The van der Waals surface area contributed by atoms with Gasteiger partial charge in [0, 0.05) is 74.1 Å². The average molecular weight is 782 g/mol. The molecule has 11 nitrogen and oxygen atoms in total. The number of methoxy groups -OCH3 is 1. The molecule has 5 aromatic rings. The smallest absolute Gasteiger partial charge is 0.227 e. The van der Waals surface area contributed by atoms with Crippen molar-refractivity contribution in [3.8, 4) is 27.6 Å². The molecule has 1 aliphatic rings. The number of nitrogens with zero attached hydrogens (tertiary/aromatic N) is 5. The molecule has 0 saturated carbocycles. The first-order chi connectivity index (χ1) is 25.3. The second-order valence-electron chi connectivity index (χ2n) is 13.1. The van der Waals surface area contributed by atoms with Crippen LogP contribution in [0.4, 0.5) is 31.8 Å². The minimum absolute atomic E-state index is 0.131. The Bertz CT molecular complexity index is 2220. The van der Waals surface area contributed by atoms with Crippen molar-refractivity contribution in [1.82, 2.24) is 19.9 Å². The Labute approximate surface area is 315 Å². The van der Waals surface area contributed by atoms with E-state index in [2.05, 4.69) is 38.7 Å². The van der Waals surface area contributed by atoms with Crippen molar-refractivity contribution in [2.24, 2.45) is 0 Å². The summed E-state index contributed by atoms with van der Waals surface area (Å²) < 4.78 is 73.4. The van der Waals surface area contributed by atoms with Gasteiger partial charge in [0.05, 0.1) is 39.8 Å². The second-order valence-corrected chi connectivity index (χ2v) is 17.5. The number of anilines is 4. The van der Waals surface area contributed by atoms with E-state index in [1.54, 1.807) is 31.5 Å². The molecule has 2 aromatic heterocycles. The summed E-state index contributed by atoms with van der Waals surface area (Å²) in [6.07, 6.45) is 2.94. The van der Waals surface area contributed by atoms with Gasteiger partial charge in [0.1, 0.15) is 32.1 Å². The molecule has 16 heteroatoms. The van der Waals surface area contributed by atoms with E-state index in [1.165, 1.54) is 23.7 Å². The number of thiazole rings is 1. The Kier molecular flexibility index (Phi) is 11.7. The van der Waals surface area contributed by atoms with Crippen molar-refractivity contribution >= 4 is 55.2 Å². The molecule has 3 heterocycles. The number of hydrogen-bond acceptors (Lipinski definition) is 11. The second kappa shape index (κ2) is 16.2. The number of rotatable bonds is 13. The lowest BCUT2D eigenvalue weighted by atomic mass is 10.1. The molecule has 0 radical (unpaired) electrons. The maximum absolute atomic E-state index is 14.3. The fourth-order valence-electron chi connectivity index (χ4n) is 5.96. The number of aromatic nitrogens is 3. The first kappa shape index (κ1) is 38.2. The number of ether oxygens (including phenoxy) is 1. The van der Waals surface area contributed by atoms with Gasteiger partial charge in [-0.3, -0.25) is 4.90 Å². The number of benzene rings is 3. The van der Waals surface area contributed by atoms with Gasteiger partial charge in [-0.25, -0.2) is 36.4 Å². The fraction of sp³-hybridized carbons (Fsp3) is 0.324. The molecule has 280 valence electrons. The van der Waals surface area contributed by atoms with Gasteiger partial charge in [-0.05, 0) is 48.9 Å². The van der Waals surface area contributed by atoms with E-state index in [4.69, 9.17) is 14.7 Å². The molecule has 0 spiro atoms. The Morgan fingerprint density at radius 3 is 2.40 bits per heavy atom. The molecular formula is C37H41F2N7O4S3. The number of aryl methyl sites for hydroxylation is 1. The van der Waals surface area contributed by atoms with Crippen LogP contribution in [0, 0.1) is 18.6 Å². The van der Waals surface area contributed by atoms with Crippen LogP contribution in [0.15, 0.2) is 71.8 Å². The molecule has 0 amide bonds. The summed E-state index contributed by atoms with van der Waals surface area (Å²) in [5.74, 6) is -0.530.